The highest BCUT2D eigenvalue weighted by Gasteiger charge is 2.35. The van der Waals surface area contributed by atoms with E-state index in [4.69, 9.17) is 0 Å². The average molecular weight is 683 g/mol. The number of aromatic nitrogens is 1. The molecular weight excluding hydrogens is 641 g/mol. The van der Waals surface area contributed by atoms with Crippen LogP contribution in [0.5, 0.6) is 0 Å². The smallest absolute Gasteiger partial charge is 0.305 e. The second kappa shape index (κ2) is 16.3. The van der Waals surface area contributed by atoms with E-state index in [1.807, 2.05) is 67.5 Å². The summed E-state index contributed by atoms with van der Waals surface area (Å²) in [5, 5.41) is 0. The summed E-state index contributed by atoms with van der Waals surface area (Å²) >= 11 is 0. The molecule has 0 fully saturated rings. The maximum atomic E-state index is 12.9. The minimum atomic E-state index is -4.65. The van der Waals surface area contributed by atoms with Gasteiger partial charge >= 0.3 is 6.18 Å². The quantitative estimate of drug-likeness (QED) is 0.139. The third-order valence-corrected chi connectivity index (χ3v) is 9.18. The molecule has 0 N–H and O–H groups in total. The fourth-order valence-electron chi connectivity index (χ4n) is 6.61. The lowest BCUT2D eigenvalue weighted by Crippen LogP contribution is -2.15. The summed E-state index contributed by atoms with van der Waals surface area (Å²) in [6, 6.07) is 21.1. The van der Waals surface area contributed by atoms with Crippen molar-refractivity contribution in [3.63, 3.8) is 0 Å². The first-order chi connectivity index (χ1) is 23.9. The first-order valence-electron chi connectivity index (χ1n) is 17.0. The number of carbonyl (C=O) groups excluding carboxylic acids is 4. The van der Waals surface area contributed by atoms with E-state index in [0.29, 0.717) is 5.56 Å². The standard InChI is InChI=1S/C22H25NO2.C19H16F3NO2/c1-23(2)15-19-6-3-4-9-20(19)22(25)13-12-21(24)18-11-10-16-7-5-8-17(16)14-18;20-19(21,22)15-5-2-10-23-18(15)17(25)9-8-16(24)14-7-6-12-3-1-4-13(12)11-14/h3-4,6,9-11,14H,5,7-8,12-13,15H2,1-2H3;2,5-7,10-11H,1,3-4,8-9H2. The minimum absolute atomic E-state index is 0.0481. The molecule has 0 bridgehead atoms. The van der Waals surface area contributed by atoms with Crippen LogP contribution in [0.4, 0.5) is 13.2 Å². The highest BCUT2D eigenvalue weighted by atomic mass is 19.4. The van der Waals surface area contributed by atoms with Crippen LogP contribution in [0.3, 0.4) is 0 Å². The van der Waals surface area contributed by atoms with Crippen molar-refractivity contribution in [3.05, 3.63) is 135 Å². The Morgan fingerprint density at radius 2 is 1.16 bits per heavy atom. The van der Waals surface area contributed by atoms with Gasteiger partial charge in [0.1, 0.15) is 5.69 Å². The molecule has 1 heterocycles. The highest BCUT2D eigenvalue weighted by Crippen LogP contribution is 2.32. The number of halogens is 3. The van der Waals surface area contributed by atoms with Crippen molar-refractivity contribution in [2.75, 3.05) is 14.1 Å². The Kier molecular flexibility index (Phi) is 11.9. The molecule has 0 amide bonds. The van der Waals surface area contributed by atoms with Crippen molar-refractivity contribution in [2.24, 2.45) is 0 Å². The molecule has 0 saturated carbocycles. The molecule has 4 aromatic rings. The molecule has 0 atom stereocenters. The van der Waals surface area contributed by atoms with Gasteiger partial charge in [-0.2, -0.15) is 13.2 Å². The van der Waals surface area contributed by atoms with E-state index >= 15 is 0 Å². The van der Waals surface area contributed by atoms with E-state index < -0.39 is 23.2 Å². The molecule has 0 saturated heterocycles. The molecule has 0 radical (unpaired) electrons. The van der Waals surface area contributed by atoms with E-state index in [1.165, 1.54) is 23.1 Å². The largest absolute Gasteiger partial charge is 0.418 e. The van der Waals surface area contributed by atoms with Crippen molar-refractivity contribution in [1.29, 1.82) is 0 Å². The minimum Gasteiger partial charge on any atom is -0.305 e. The molecule has 3 aromatic carbocycles. The molecule has 1 aromatic heterocycles. The highest BCUT2D eigenvalue weighted by molar-refractivity contribution is 6.03. The van der Waals surface area contributed by atoms with Crippen LogP contribution in [0, 0.1) is 0 Å². The van der Waals surface area contributed by atoms with Crippen LogP contribution < -0.4 is 0 Å². The summed E-state index contributed by atoms with van der Waals surface area (Å²) < 4.78 is 38.8. The predicted molar refractivity (Wildman–Crippen MR) is 186 cm³/mol. The van der Waals surface area contributed by atoms with Gasteiger partial charge in [0, 0.05) is 55.1 Å². The summed E-state index contributed by atoms with van der Waals surface area (Å²) in [5.41, 5.74) is 6.35. The summed E-state index contributed by atoms with van der Waals surface area (Å²) in [6.07, 6.45) is 2.95. The van der Waals surface area contributed by atoms with E-state index in [9.17, 15) is 32.3 Å². The average Bonchev–Trinajstić information content (AvgIpc) is 3.78. The molecule has 260 valence electrons. The van der Waals surface area contributed by atoms with Crippen molar-refractivity contribution in [1.82, 2.24) is 9.88 Å². The summed E-state index contributed by atoms with van der Waals surface area (Å²) in [5.74, 6) is -0.907. The summed E-state index contributed by atoms with van der Waals surface area (Å²) in [4.78, 5) is 55.1. The van der Waals surface area contributed by atoms with Crippen LogP contribution in [0.1, 0.15) is 113 Å². The number of Topliss-reactive ketones (excluding diaryl/α,β-unsaturated/α-hetero) is 4. The second-order valence-electron chi connectivity index (χ2n) is 13.2. The van der Waals surface area contributed by atoms with Gasteiger partial charge in [0.05, 0.1) is 5.56 Å². The van der Waals surface area contributed by atoms with Crippen molar-refractivity contribution >= 4 is 23.1 Å². The SMILES string of the molecule is CN(C)Cc1ccccc1C(=O)CCC(=O)c1ccc2c(c1)CCC2.O=C(CCC(=O)c1ncccc1C(F)(F)F)c1ccc2c(c1)CCC2. The monoisotopic (exact) mass is 682 g/mol. The molecule has 50 heavy (non-hydrogen) atoms. The molecule has 0 unspecified atom stereocenters. The summed E-state index contributed by atoms with van der Waals surface area (Å²) in [7, 11) is 3.97. The lowest BCUT2D eigenvalue weighted by atomic mass is 9.96. The van der Waals surface area contributed by atoms with Crippen molar-refractivity contribution in [2.45, 2.75) is 76.9 Å². The van der Waals surface area contributed by atoms with Gasteiger partial charge in [0.2, 0.25) is 0 Å². The number of hydrogen-bond donors (Lipinski definition) is 0. The van der Waals surface area contributed by atoms with Crippen LogP contribution in [0.15, 0.2) is 79.0 Å². The Bertz CT molecular complexity index is 1900. The third kappa shape index (κ3) is 9.27. The maximum absolute atomic E-state index is 12.9. The number of alkyl halides is 3. The molecular formula is C41H41F3N2O4. The van der Waals surface area contributed by atoms with Crippen LogP contribution >= 0.6 is 0 Å². The number of nitrogens with zero attached hydrogens (tertiary/aromatic N) is 2. The van der Waals surface area contributed by atoms with Gasteiger partial charge in [-0.05, 0) is 105 Å². The number of aryl methyl sites for hydroxylation is 4. The maximum Gasteiger partial charge on any atom is 0.418 e. The Hall–Kier alpha value is -4.76. The fraction of sp³-hybridized carbons (Fsp3) is 0.341. The zero-order valence-corrected chi connectivity index (χ0v) is 28.4. The number of pyridine rings is 1. The lowest BCUT2D eigenvalue weighted by Gasteiger charge is -2.13. The number of ketones is 4. The van der Waals surface area contributed by atoms with E-state index in [0.717, 1.165) is 79.2 Å². The Balaban J connectivity index is 0.000000194. The molecule has 2 aliphatic rings. The fourth-order valence-corrected chi connectivity index (χ4v) is 6.61. The van der Waals surface area contributed by atoms with Crippen molar-refractivity contribution in [3.8, 4) is 0 Å². The normalized spacial score (nSPS) is 13.3. The van der Waals surface area contributed by atoms with Crippen LogP contribution in [-0.4, -0.2) is 47.1 Å². The van der Waals surface area contributed by atoms with Gasteiger partial charge < -0.3 is 4.90 Å². The first-order valence-corrected chi connectivity index (χ1v) is 17.0. The topological polar surface area (TPSA) is 84.4 Å². The molecule has 0 spiro atoms. The lowest BCUT2D eigenvalue weighted by molar-refractivity contribution is -0.138. The van der Waals surface area contributed by atoms with Crippen LogP contribution in [-0.2, 0) is 38.4 Å². The number of carbonyl (C=O) groups is 4. The van der Waals surface area contributed by atoms with Gasteiger partial charge in [-0.25, -0.2) is 0 Å². The summed E-state index contributed by atoms with van der Waals surface area (Å²) in [6.45, 7) is 0.723. The van der Waals surface area contributed by atoms with Gasteiger partial charge in [-0.15, -0.1) is 0 Å². The first kappa shape index (κ1) is 36.5. The predicted octanol–water partition coefficient (Wildman–Crippen LogP) is 8.52. The third-order valence-electron chi connectivity index (χ3n) is 9.18. The van der Waals surface area contributed by atoms with Crippen LogP contribution in [0.2, 0.25) is 0 Å². The van der Waals surface area contributed by atoms with Gasteiger partial charge in [-0.1, -0.05) is 48.5 Å². The number of fused-ring (bicyclic) bond motifs is 2. The second-order valence-corrected chi connectivity index (χ2v) is 13.2. The molecule has 6 rings (SSSR count). The van der Waals surface area contributed by atoms with Crippen LogP contribution in [0.25, 0.3) is 0 Å². The Labute approximate surface area is 290 Å². The van der Waals surface area contributed by atoms with Gasteiger partial charge in [-0.3, -0.25) is 24.2 Å². The zero-order valence-electron chi connectivity index (χ0n) is 28.4. The van der Waals surface area contributed by atoms with Gasteiger partial charge in [0.25, 0.3) is 0 Å². The van der Waals surface area contributed by atoms with E-state index in [-0.39, 0.29) is 43.0 Å². The molecule has 2 aliphatic carbocycles. The van der Waals surface area contributed by atoms with Gasteiger partial charge in [0.15, 0.2) is 23.1 Å². The Morgan fingerprint density at radius 3 is 1.72 bits per heavy atom. The molecule has 0 aliphatic heterocycles. The van der Waals surface area contributed by atoms with Crippen molar-refractivity contribution < 1.29 is 32.3 Å². The number of hydrogen-bond acceptors (Lipinski definition) is 6. The molecule has 9 heteroatoms. The van der Waals surface area contributed by atoms with E-state index in [2.05, 4.69) is 11.1 Å². The number of rotatable bonds is 12. The Morgan fingerprint density at radius 1 is 0.640 bits per heavy atom. The number of benzene rings is 3. The van der Waals surface area contributed by atoms with E-state index in [1.54, 1.807) is 6.07 Å². The molecule has 6 nitrogen and oxygen atoms in total. The zero-order chi connectivity index (χ0) is 35.8.